The molecule has 14 heavy (non-hydrogen) atoms. The summed E-state index contributed by atoms with van der Waals surface area (Å²) in [6, 6.07) is 3.17. The Morgan fingerprint density at radius 1 is 1.07 bits per heavy atom. The summed E-state index contributed by atoms with van der Waals surface area (Å²) >= 11 is 31.1. The minimum atomic E-state index is -1.89. The van der Waals surface area contributed by atoms with Crippen molar-refractivity contribution in [3.8, 4) is 5.75 Å². The second-order valence-electron chi connectivity index (χ2n) is 2.25. The Labute approximate surface area is 114 Å². The molecule has 0 aliphatic rings. The van der Waals surface area contributed by atoms with Gasteiger partial charge in [-0.1, -0.05) is 39.1 Å². The average molecular weight is 359 g/mol. The smallest absolute Gasteiger partial charge is 0.338 e. The maximum atomic E-state index is 5.83. The Hall–Kier alpha value is 0.950. The number of rotatable bonds is 1. The zero-order valence-electron chi connectivity index (χ0n) is 6.33. The predicted octanol–water partition coefficient (Wildman–Crippen LogP) is 5.46. The van der Waals surface area contributed by atoms with E-state index < -0.39 is 3.98 Å². The molecule has 0 unspecified atom stereocenters. The molecule has 0 heterocycles. The van der Waals surface area contributed by atoms with Crippen LogP contribution in [-0.4, -0.2) is 3.98 Å². The minimum Gasteiger partial charge on any atom is -0.442 e. The molecule has 1 aromatic rings. The van der Waals surface area contributed by atoms with Gasteiger partial charge in [0.15, 0.2) is 5.75 Å². The molecule has 78 valence electrons. The largest absolute Gasteiger partial charge is 0.442 e. The first kappa shape index (κ1) is 13.0. The highest BCUT2D eigenvalue weighted by atomic mass is 79.9. The van der Waals surface area contributed by atoms with Gasteiger partial charge >= 0.3 is 3.98 Å². The standard InChI is InChI=1S/C7H2BrCl5O/c8-3-1-4(9)6(5(10)2-3)14-7(11,12)13/h1-2H. The van der Waals surface area contributed by atoms with Crippen LogP contribution in [0.25, 0.3) is 0 Å². The Kier molecular flexibility index (Phi) is 4.51. The number of hydrogen-bond acceptors (Lipinski definition) is 1. The van der Waals surface area contributed by atoms with Crippen molar-refractivity contribution >= 4 is 73.9 Å². The van der Waals surface area contributed by atoms with Gasteiger partial charge in [0.05, 0.1) is 10.0 Å². The fourth-order valence-corrected chi connectivity index (χ4v) is 2.26. The molecular weight excluding hydrogens is 357 g/mol. The van der Waals surface area contributed by atoms with Crippen molar-refractivity contribution in [3.05, 3.63) is 26.7 Å². The zero-order chi connectivity index (χ0) is 10.9. The highest BCUT2D eigenvalue weighted by Crippen LogP contribution is 2.40. The number of ether oxygens (including phenoxy) is 1. The molecule has 1 rings (SSSR count). The first-order chi connectivity index (χ1) is 6.29. The van der Waals surface area contributed by atoms with Gasteiger partial charge in [-0.15, -0.1) is 0 Å². The second-order valence-corrected chi connectivity index (χ2v) is 6.15. The maximum Gasteiger partial charge on any atom is 0.338 e. The Morgan fingerprint density at radius 2 is 1.50 bits per heavy atom. The van der Waals surface area contributed by atoms with Gasteiger partial charge in [0.25, 0.3) is 0 Å². The van der Waals surface area contributed by atoms with Crippen molar-refractivity contribution in [2.24, 2.45) is 0 Å². The summed E-state index contributed by atoms with van der Waals surface area (Å²) in [7, 11) is 0. The summed E-state index contributed by atoms with van der Waals surface area (Å²) in [5.41, 5.74) is 0. The molecule has 0 saturated carbocycles. The molecule has 1 nitrogen and oxygen atoms in total. The SMILES string of the molecule is Clc1cc(Br)cc(Cl)c1OC(Cl)(Cl)Cl. The van der Waals surface area contributed by atoms with Crippen LogP contribution in [0.4, 0.5) is 0 Å². The Bertz CT molecular complexity index is 325. The summed E-state index contributed by atoms with van der Waals surface area (Å²) in [5, 5.41) is 0.520. The highest BCUT2D eigenvalue weighted by Gasteiger charge is 2.25. The molecule has 0 N–H and O–H groups in total. The molecule has 0 aliphatic heterocycles. The summed E-state index contributed by atoms with van der Waals surface area (Å²) in [6.07, 6.45) is 0. The molecule has 0 amide bonds. The third-order valence-corrected chi connectivity index (χ3v) is 2.43. The van der Waals surface area contributed by atoms with Gasteiger partial charge in [-0.05, 0) is 46.9 Å². The lowest BCUT2D eigenvalue weighted by atomic mass is 10.3. The first-order valence-electron chi connectivity index (χ1n) is 3.20. The van der Waals surface area contributed by atoms with Gasteiger partial charge in [-0.2, -0.15) is 0 Å². The van der Waals surface area contributed by atoms with Crippen LogP contribution in [0.5, 0.6) is 5.75 Å². The van der Waals surface area contributed by atoms with E-state index in [-0.39, 0.29) is 15.8 Å². The summed E-state index contributed by atoms with van der Waals surface area (Å²) < 4.78 is 3.75. The molecular formula is C7H2BrCl5O. The van der Waals surface area contributed by atoms with Crippen LogP contribution in [0, 0.1) is 0 Å². The molecule has 0 fully saturated rings. The molecule has 1 aromatic carbocycles. The average Bonchev–Trinajstić information content (AvgIpc) is 1.95. The van der Waals surface area contributed by atoms with Crippen molar-refractivity contribution < 1.29 is 4.74 Å². The van der Waals surface area contributed by atoms with E-state index in [9.17, 15) is 0 Å². The molecule has 0 aromatic heterocycles. The molecule has 0 bridgehead atoms. The molecule has 0 aliphatic carbocycles. The lowest BCUT2D eigenvalue weighted by Crippen LogP contribution is -2.13. The molecule has 0 spiro atoms. The first-order valence-corrected chi connectivity index (χ1v) is 5.88. The molecule has 0 radical (unpaired) electrons. The van der Waals surface area contributed by atoms with Crippen LogP contribution in [0.15, 0.2) is 16.6 Å². The Balaban J connectivity index is 3.09. The van der Waals surface area contributed by atoms with E-state index in [2.05, 4.69) is 15.9 Å². The quantitative estimate of drug-likeness (QED) is 0.605. The number of alkyl halides is 3. The van der Waals surface area contributed by atoms with Crippen LogP contribution >= 0.6 is 73.9 Å². The van der Waals surface area contributed by atoms with Crippen molar-refractivity contribution in [2.75, 3.05) is 0 Å². The third-order valence-electron chi connectivity index (χ3n) is 1.18. The Morgan fingerprint density at radius 3 is 1.86 bits per heavy atom. The minimum absolute atomic E-state index is 0.136. The number of hydrogen-bond donors (Lipinski definition) is 0. The van der Waals surface area contributed by atoms with Gasteiger partial charge < -0.3 is 4.74 Å². The second kappa shape index (κ2) is 4.86. The summed E-state index contributed by atoms with van der Waals surface area (Å²) in [6.45, 7) is 0. The van der Waals surface area contributed by atoms with E-state index in [0.29, 0.717) is 4.47 Å². The van der Waals surface area contributed by atoms with Crippen LogP contribution in [0.1, 0.15) is 0 Å². The fraction of sp³-hybridized carbons (Fsp3) is 0.143. The monoisotopic (exact) mass is 356 g/mol. The van der Waals surface area contributed by atoms with Crippen molar-refractivity contribution in [3.63, 3.8) is 0 Å². The number of benzene rings is 1. The predicted molar refractivity (Wildman–Crippen MR) is 65.1 cm³/mol. The van der Waals surface area contributed by atoms with E-state index in [1.807, 2.05) is 0 Å². The van der Waals surface area contributed by atoms with E-state index in [1.54, 1.807) is 12.1 Å². The van der Waals surface area contributed by atoms with Crippen LogP contribution in [-0.2, 0) is 0 Å². The van der Waals surface area contributed by atoms with Crippen molar-refractivity contribution in [1.29, 1.82) is 0 Å². The summed E-state index contributed by atoms with van der Waals surface area (Å²) in [4.78, 5) is 0. The molecule has 7 heteroatoms. The lowest BCUT2D eigenvalue weighted by Gasteiger charge is -2.16. The maximum absolute atomic E-state index is 5.83. The van der Waals surface area contributed by atoms with E-state index in [1.165, 1.54) is 0 Å². The van der Waals surface area contributed by atoms with Gasteiger partial charge in [0, 0.05) is 4.47 Å². The highest BCUT2D eigenvalue weighted by molar-refractivity contribution is 9.10. The fourth-order valence-electron chi connectivity index (χ4n) is 0.742. The molecule has 0 atom stereocenters. The normalized spacial score (nSPS) is 11.6. The lowest BCUT2D eigenvalue weighted by molar-refractivity contribution is 0.321. The summed E-state index contributed by atoms with van der Waals surface area (Å²) in [5.74, 6) is 0.136. The van der Waals surface area contributed by atoms with Crippen molar-refractivity contribution in [2.45, 2.75) is 3.98 Å². The molecule has 0 saturated heterocycles. The van der Waals surface area contributed by atoms with Crippen LogP contribution in [0.3, 0.4) is 0 Å². The van der Waals surface area contributed by atoms with E-state index in [4.69, 9.17) is 62.7 Å². The van der Waals surface area contributed by atoms with E-state index >= 15 is 0 Å². The van der Waals surface area contributed by atoms with Gasteiger partial charge in [-0.25, -0.2) is 0 Å². The van der Waals surface area contributed by atoms with Crippen molar-refractivity contribution in [1.82, 2.24) is 0 Å². The topological polar surface area (TPSA) is 9.23 Å². The number of halogens is 6. The third kappa shape index (κ3) is 3.84. The van der Waals surface area contributed by atoms with E-state index in [0.717, 1.165) is 0 Å². The van der Waals surface area contributed by atoms with Gasteiger partial charge in [0.2, 0.25) is 0 Å². The van der Waals surface area contributed by atoms with Crippen LogP contribution < -0.4 is 4.74 Å². The van der Waals surface area contributed by atoms with Crippen LogP contribution in [0.2, 0.25) is 10.0 Å². The van der Waals surface area contributed by atoms with Gasteiger partial charge in [0.1, 0.15) is 0 Å². The van der Waals surface area contributed by atoms with Gasteiger partial charge in [-0.3, -0.25) is 0 Å². The zero-order valence-corrected chi connectivity index (χ0v) is 11.7.